The highest BCUT2D eigenvalue weighted by Crippen LogP contribution is 2.27. The van der Waals surface area contributed by atoms with Crippen LogP contribution >= 0.6 is 11.3 Å². The molecule has 0 radical (unpaired) electrons. The van der Waals surface area contributed by atoms with Crippen molar-refractivity contribution in [3.8, 4) is 0 Å². The van der Waals surface area contributed by atoms with Crippen molar-refractivity contribution < 1.29 is 14.0 Å². The molecule has 1 atom stereocenters. The summed E-state index contributed by atoms with van der Waals surface area (Å²) < 4.78 is 13.3. The van der Waals surface area contributed by atoms with E-state index < -0.39 is 0 Å². The van der Waals surface area contributed by atoms with E-state index in [0.717, 1.165) is 29.1 Å². The molecule has 2 amide bonds. The molecule has 1 aliphatic heterocycles. The van der Waals surface area contributed by atoms with Crippen molar-refractivity contribution in [2.75, 3.05) is 11.4 Å². The van der Waals surface area contributed by atoms with Crippen LogP contribution in [0.5, 0.6) is 0 Å². The lowest BCUT2D eigenvalue weighted by Gasteiger charge is -2.19. The Morgan fingerprint density at radius 3 is 2.43 bits per heavy atom. The molecule has 1 N–H and O–H groups in total. The summed E-state index contributed by atoms with van der Waals surface area (Å²) in [6, 6.07) is 16.7. The van der Waals surface area contributed by atoms with Gasteiger partial charge in [0.05, 0.1) is 6.04 Å². The number of nitrogens with zero attached hydrogens (tertiary/aromatic N) is 1. The predicted octanol–water partition coefficient (Wildman–Crippen LogP) is 4.53. The second kappa shape index (κ2) is 7.94. The van der Waals surface area contributed by atoms with E-state index >= 15 is 0 Å². The van der Waals surface area contributed by atoms with Crippen molar-refractivity contribution in [2.24, 2.45) is 0 Å². The zero-order valence-corrected chi connectivity index (χ0v) is 15.9. The van der Waals surface area contributed by atoms with E-state index in [1.54, 1.807) is 41.3 Å². The number of carbonyl (C=O) groups excluding carboxylic acids is 2. The van der Waals surface area contributed by atoms with E-state index in [1.807, 2.05) is 17.5 Å². The minimum Gasteiger partial charge on any atom is -0.340 e. The number of nitrogens with one attached hydrogen (secondary N) is 1. The molecule has 4 rings (SSSR count). The van der Waals surface area contributed by atoms with Crippen LogP contribution in [0.1, 0.15) is 39.7 Å². The molecule has 4 nitrogen and oxygen atoms in total. The van der Waals surface area contributed by atoms with E-state index in [1.165, 1.54) is 23.5 Å². The highest BCUT2D eigenvalue weighted by atomic mass is 32.1. The molecule has 1 saturated heterocycles. The van der Waals surface area contributed by atoms with Crippen molar-refractivity contribution in [3.05, 3.63) is 87.9 Å². The normalized spacial score (nSPS) is 14.9. The lowest BCUT2D eigenvalue weighted by Crippen LogP contribution is -2.29. The summed E-state index contributed by atoms with van der Waals surface area (Å²) in [6.07, 6.45) is 1.43. The predicted molar refractivity (Wildman–Crippen MR) is 108 cm³/mol. The Hall–Kier alpha value is -2.99. The van der Waals surface area contributed by atoms with E-state index in [9.17, 15) is 14.0 Å². The topological polar surface area (TPSA) is 49.4 Å². The minimum absolute atomic E-state index is 0.117. The molecular weight excluding hydrogens is 375 g/mol. The number of thiophene rings is 1. The van der Waals surface area contributed by atoms with Crippen molar-refractivity contribution >= 4 is 28.8 Å². The van der Waals surface area contributed by atoms with Crippen LogP contribution in [0.25, 0.3) is 0 Å². The number of amides is 2. The SMILES string of the molecule is O=C(NC(c1ccc(F)cc1)c1cccs1)c1ccc(N2CCCC2=O)cc1. The highest BCUT2D eigenvalue weighted by molar-refractivity contribution is 7.10. The van der Waals surface area contributed by atoms with Crippen LogP contribution in [0, 0.1) is 5.82 Å². The molecule has 1 fully saturated rings. The Kier molecular flexibility index (Phi) is 5.21. The summed E-state index contributed by atoms with van der Waals surface area (Å²) >= 11 is 1.53. The van der Waals surface area contributed by atoms with Crippen LogP contribution in [0.15, 0.2) is 66.0 Å². The molecule has 2 aromatic carbocycles. The van der Waals surface area contributed by atoms with Gasteiger partial charge in [-0.1, -0.05) is 18.2 Å². The number of hydrogen-bond donors (Lipinski definition) is 1. The van der Waals surface area contributed by atoms with Crippen LogP contribution < -0.4 is 10.2 Å². The van der Waals surface area contributed by atoms with E-state index in [2.05, 4.69) is 5.32 Å². The van der Waals surface area contributed by atoms with E-state index in [4.69, 9.17) is 0 Å². The maximum atomic E-state index is 13.3. The number of anilines is 1. The summed E-state index contributed by atoms with van der Waals surface area (Å²) in [5, 5.41) is 4.98. The Labute approximate surface area is 166 Å². The van der Waals surface area contributed by atoms with Gasteiger partial charge in [-0.3, -0.25) is 9.59 Å². The van der Waals surface area contributed by atoms with Crippen molar-refractivity contribution in [1.29, 1.82) is 0 Å². The van der Waals surface area contributed by atoms with Crippen molar-refractivity contribution in [1.82, 2.24) is 5.32 Å². The fourth-order valence-corrected chi connectivity index (χ4v) is 4.16. The largest absolute Gasteiger partial charge is 0.340 e. The van der Waals surface area contributed by atoms with Gasteiger partial charge in [0.25, 0.3) is 5.91 Å². The van der Waals surface area contributed by atoms with Crippen molar-refractivity contribution in [3.63, 3.8) is 0 Å². The van der Waals surface area contributed by atoms with Crippen LogP contribution in [-0.2, 0) is 4.79 Å². The van der Waals surface area contributed by atoms with Gasteiger partial charge in [0, 0.05) is 29.1 Å². The number of hydrogen-bond acceptors (Lipinski definition) is 3. The second-order valence-electron chi connectivity index (χ2n) is 6.67. The standard InChI is InChI=1S/C22H19FN2O2S/c23-17-9-5-15(6-10-17)21(19-3-2-14-28-19)24-22(27)16-7-11-18(12-8-16)25-13-1-4-20(25)26/h2-3,5-12,14,21H,1,4,13H2,(H,24,27). The van der Waals surface area contributed by atoms with Gasteiger partial charge in [-0.15, -0.1) is 11.3 Å². The lowest BCUT2D eigenvalue weighted by molar-refractivity contribution is -0.117. The average molecular weight is 394 g/mol. The van der Waals surface area contributed by atoms with Crippen LogP contribution in [0.2, 0.25) is 0 Å². The van der Waals surface area contributed by atoms with Crippen LogP contribution in [-0.4, -0.2) is 18.4 Å². The molecule has 0 aliphatic carbocycles. The molecule has 0 saturated carbocycles. The molecule has 1 aliphatic rings. The fourth-order valence-electron chi connectivity index (χ4n) is 3.36. The fraction of sp³-hybridized carbons (Fsp3) is 0.182. The zero-order chi connectivity index (χ0) is 19.5. The first-order valence-corrected chi connectivity index (χ1v) is 10.00. The molecule has 2 heterocycles. The Balaban J connectivity index is 1.54. The molecule has 1 unspecified atom stereocenters. The molecule has 0 spiro atoms. The van der Waals surface area contributed by atoms with Gasteiger partial charge in [-0.05, 0) is 59.8 Å². The van der Waals surface area contributed by atoms with Gasteiger partial charge in [0.2, 0.25) is 5.91 Å². The molecule has 28 heavy (non-hydrogen) atoms. The molecular formula is C22H19FN2O2S. The summed E-state index contributed by atoms with van der Waals surface area (Å²) in [5.41, 5.74) is 2.14. The van der Waals surface area contributed by atoms with Gasteiger partial charge in [0.1, 0.15) is 5.82 Å². The Morgan fingerprint density at radius 1 is 1.07 bits per heavy atom. The van der Waals surface area contributed by atoms with Crippen LogP contribution in [0.3, 0.4) is 0 Å². The molecule has 0 bridgehead atoms. The number of carbonyl (C=O) groups is 2. The average Bonchev–Trinajstić information content (AvgIpc) is 3.39. The minimum atomic E-state index is -0.354. The quantitative estimate of drug-likeness (QED) is 0.691. The van der Waals surface area contributed by atoms with Gasteiger partial charge < -0.3 is 10.2 Å². The lowest BCUT2D eigenvalue weighted by atomic mass is 10.0. The van der Waals surface area contributed by atoms with Gasteiger partial charge >= 0.3 is 0 Å². The summed E-state index contributed by atoms with van der Waals surface area (Å²) in [6.45, 7) is 0.718. The number of benzene rings is 2. The third-order valence-electron chi connectivity index (χ3n) is 4.82. The highest BCUT2D eigenvalue weighted by Gasteiger charge is 2.22. The third kappa shape index (κ3) is 3.82. The van der Waals surface area contributed by atoms with E-state index in [-0.39, 0.29) is 23.7 Å². The molecule has 6 heteroatoms. The number of halogens is 1. The third-order valence-corrected chi connectivity index (χ3v) is 5.76. The zero-order valence-electron chi connectivity index (χ0n) is 15.1. The van der Waals surface area contributed by atoms with E-state index in [0.29, 0.717) is 12.0 Å². The second-order valence-corrected chi connectivity index (χ2v) is 7.65. The maximum absolute atomic E-state index is 13.3. The summed E-state index contributed by atoms with van der Waals surface area (Å²) in [4.78, 5) is 27.4. The van der Waals surface area contributed by atoms with Crippen molar-refractivity contribution in [2.45, 2.75) is 18.9 Å². The first kappa shape index (κ1) is 18.4. The monoisotopic (exact) mass is 394 g/mol. The summed E-state index contributed by atoms with van der Waals surface area (Å²) in [5.74, 6) is -0.416. The first-order chi connectivity index (χ1) is 13.6. The smallest absolute Gasteiger partial charge is 0.252 e. The maximum Gasteiger partial charge on any atom is 0.252 e. The van der Waals surface area contributed by atoms with Gasteiger partial charge in [-0.25, -0.2) is 4.39 Å². The van der Waals surface area contributed by atoms with Gasteiger partial charge in [0.15, 0.2) is 0 Å². The molecule has 1 aromatic heterocycles. The summed E-state index contributed by atoms with van der Waals surface area (Å²) in [7, 11) is 0. The molecule has 3 aromatic rings. The Morgan fingerprint density at radius 2 is 1.82 bits per heavy atom. The van der Waals surface area contributed by atoms with Crippen LogP contribution in [0.4, 0.5) is 10.1 Å². The molecule has 142 valence electrons. The number of rotatable bonds is 5. The Bertz CT molecular complexity index is 969. The first-order valence-electron chi connectivity index (χ1n) is 9.12. The van der Waals surface area contributed by atoms with Gasteiger partial charge in [-0.2, -0.15) is 0 Å².